The lowest BCUT2D eigenvalue weighted by Crippen LogP contribution is -2.47. The van der Waals surface area contributed by atoms with Crippen LogP contribution in [0.5, 0.6) is 0 Å². The number of nitrogens with one attached hydrogen (secondary N) is 2. The van der Waals surface area contributed by atoms with Gasteiger partial charge in [0.2, 0.25) is 0 Å². The smallest absolute Gasteiger partial charge is 0.0192 e. The van der Waals surface area contributed by atoms with E-state index in [0.29, 0.717) is 0 Å². The fourth-order valence-electron chi connectivity index (χ4n) is 2.90. The van der Waals surface area contributed by atoms with Gasteiger partial charge in [-0.1, -0.05) is 0 Å². The molecule has 0 spiro atoms. The first-order valence-electron chi connectivity index (χ1n) is 6.49. The maximum atomic E-state index is 3.51. The third-order valence-electron chi connectivity index (χ3n) is 3.83. The maximum absolute atomic E-state index is 3.51. The minimum atomic E-state index is 0.732. The molecule has 0 aromatic carbocycles. The van der Waals surface area contributed by atoms with Crippen molar-refractivity contribution in [1.82, 2.24) is 15.5 Å². The number of hydrogen-bond donors (Lipinski definition) is 2. The molecule has 0 amide bonds. The first-order valence-corrected chi connectivity index (χ1v) is 6.49. The minimum Gasteiger partial charge on any atom is -0.316 e. The average molecular weight is 211 g/mol. The van der Waals surface area contributed by atoms with Crippen LogP contribution in [0.15, 0.2) is 0 Å². The van der Waals surface area contributed by atoms with Gasteiger partial charge >= 0.3 is 0 Å². The van der Waals surface area contributed by atoms with Crippen LogP contribution in [0.4, 0.5) is 0 Å². The van der Waals surface area contributed by atoms with Gasteiger partial charge in [0.15, 0.2) is 0 Å². The lowest BCUT2D eigenvalue weighted by atomic mass is 9.97. The highest BCUT2D eigenvalue weighted by Crippen LogP contribution is 2.15. The third-order valence-corrected chi connectivity index (χ3v) is 3.83. The molecule has 0 radical (unpaired) electrons. The van der Waals surface area contributed by atoms with E-state index in [2.05, 4.69) is 22.6 Å². The number of rotatable bonds is 3. The van der Waals surface area contributed by atoms with E-state index in [4.69, 9.17) is 0 Å². The van der Waals surface area contributed by atoms with E-state index in [1.165, 1.54) is 58.4 Å². The van der Waals surface area contributed by atoms with Crippen molar-refractivity contribution < 1.29 is 0 Å². The van der Waals surface area contributed by atoms with Crippen LogP contribution in [-0.4, -0.2) is 50.7 Å². The molecule has 0 saturated carbocycles. The van der Waals surface area contributed by atoms with Crippen molar-refractivity contribution in [2.45, 2.75) is 31.7 Å². The molecule has 88 valence electrons. The van der Waals surface area contributed by atoms with E-state index in [-0.39, 0.29) is 0 Å². The zero-order valence-electron chi connectivity index (χ0n) is 9.97. The summed E-state index contributed by atoms with van der Waals surface area (Å²) in [4.78, 5) is 2.66. The predicted octanol–water partition coefficient (Wildman–Crippen LogP) is 0.670. The van der Waals surface area contributed by atoms with Crippen LogP contribution in [0.2, 0.25) is 0 Å². The van der Waals surface area contributed by atoms with Gasteiger partial charge in [-0.15, -0.1) is 0 Å². The van der Waals surface area contributed by atoms with Crippen LogP contribution in [-0.2, 0) is 0 Å². The molecule has 0 bridgehead atoms. The van der Waals surface area contributed by atoms with Gasteiger partial charge in [0, 0.05) is 19.1 Å². The largest absolute Gasteiger partial charge is 0.316 e. The molecule has 15 heavy (non-hydrogen) atoms. The Hall–Kier alpha value is -0.120. The topological polar surface area (TPSA) is 27.3 Å². The van der Waals surface area contributed by atoms with Crippen LogP contribution in [0.1, 0.15) is 25.7 Å². The number of nitrogens with zero attached hydrogens (tertiary/aromatic N) is 1. The van der Waals surface area contributed by atoms with Gasteiger partial charge in [-0.25, -0.2) is 0 Å². The Kier molecular flexibility index (Phi) is 4.42. The molecule has 2 aliphatic heterocycles. The second kappa shape index (κ2) is 5.83. The Morgan fingerprint density at radius 1 is 1.33 bits per heavy atom. The summed E-state index contributed by atoms with van der Waals surface area (Å²) in [6.45, 7) is 6.35. The fourth-order valence-corrected chi connectivity index (χ4v) is 2.90. The van der Waals surface area contributed by atoms with Gasteiger partial charge in [0.1, 0.15) is 0 Å². The monoisotopic (exact) mass is 211 g/mol. The van der Waals surface area contributed by atoms with Crippen molar-refractivity contribution in [3.8, 4) is 0 Å². The van der Waals surface area contributed by atoms with Gasteiger partial charge in [-0.3, -0.25) is 0 Å². The Morgan fingerprint density at radius 2 is 2.27 bits per heavy atom. The maximum Gasteiger partial charge on any atom is 0.0192 e. The molecule has 0 aromatic rings. The molecule has 2 aliphatic rings. The molecule has 2 fully saturated rings. The molecule has 2 rings (SSSR count). The summed E-state index contributed by atoms with van der Waals surface area (Å²) in [6.07, 6.45) is 5.52. The quantitative estimate of drug-likeness (QED) is 0.718. The zero-order valence-corrected chi connectivity index (χ0v) is 9.97. The summed E-state index contributed by atoms with van der Waals surface area (Å²) < 4.78 is 0. The van der Waals surface area contributed by atoms with E-state index in [1.54, 1.807) is 0 Å². The van der Waals surface area contributed by atoms with Crippen molar-refractivity contribution in [1.29, 1.82) is 0 Å². The van der Waals surface area contributed by atoms with E-state index in [0.717, 1.165) is 12.0 Å². The first-order chi connectivity index (χ1) is 7.38. The van der Waals surface area contributed by atoms with Gasteiger partial charge in [0.05, 0.1) is 0 Å². The zero-order chi connectivity index (χ0) is 10.5. The van der Waals surface area contributed by atoms with Crippen molar-refractivity contribution >= 4 is 0 Å². The molecule has 3 heteroatoms. The number of likely N-dealkylation sites (tertiary alicyclic amines) is 1. The van der Waals surface area contributed by atoms with Crippen molar-refractivity contribution in [3.05, 3.63) is 0 Å². The molecule has 2 N–H and O–H groups in total. The normalized spacial score (nSPS) is 34.2. The molecular formula is C12H25N3. The molecule has 2 unspecified atom stereocenters. The molecule has 2 atom stereocenters. The van der Waals surface area contributed by atoms with Gasteiger partial charge in [-0.05, 0) is 58.3 Å². The standard InChI is InChI=1S/C12H25N3/c1-13-12-5-3-7-15(10-12)9-11-4-2-6-14-8-11/h11-14H,2-10H2,1H3. The summed E-state index contributed by atoms with van der Waals surface area (Å²) in [5.74, 6) is 0.898. The highest BCUT2D eigenvalue weighted by atomic mass is 15.2. The van der Waals surface area contributed by atoms with Crippen LogP contribution >= 0.6 is 0 Å². The number of likely N-dealkylation sites (N-methyl/N-ethyl adjacent to an activating group) is 1. The highest BCUT2D eigenvalue weighted by molar-refractivity contribution is 4.80. The summed E-state index contributed by atoms with van der Waals surface area (Å²) in [5.41, 5.74) is 0. The summed E-state index contributed by atoms with van der Waals surface area (Å²) in [5, 5.41) is 6.92. The van der Waals surface area contributed by atoms with Crippen molar-refractivity contribution in [2.24, 2.45) is 5.92 Å². The second-order valence-electron chi connectivity index (χ2n) is 5.10. The molecular weight excluding hydrogens is 186 g/mol. The molecule has 0 aliphatic carbocycles. The third kappa shape index (κ3) is 3.44. The van der Waals surface area contributed by atoms with Gasteiger partial charge in [-0.2, -0.15) is 0 Å². The SMILES string of the molecule is CNC1CCCN(CC2CCCNC2)C1. The summed E-state index contributed by atoms with van der Waals surface area (Å²) in [6, 6.07) is 0.732. The van der Waals surface area contributed by atoms with Crippen molar-refractivity contribution in [2.75, 3.05) is 39.8 Å². The molecule has 2 saturated heterocycles. The van der Waals surface area contributed by atoms with E-state index in [9.17, 15) is 0 Å². The van der Waals surface area contributed by atoms with E-state index < -0.39 is 0 Å². The Morgan fingerprint density at radius 3 is 3.00 bits per heavy atom. The Balaban J connectivity index is 1.72. The minimum absolute atomic E-state index is 0.732. The van der Waals surface area contributed by atoms with Crippen LogP contribution in [0, 0.1) is 5.92 Å². The first kappa shape index (κ1) is 11.4. The van der Waals surface area contributed by atoms with E-state index in [1.807, 2.05) is 0 Å². The molecule has 3 nitrogen and oxygen atoms in total. The van der Waals surface area contributed by atoms with Crippen LogP contribution < -0.4 is 10.6 Å². The van der Waals surface area contributed by atoms with E-state index >= 15 is 0 Å². The highest BCUT2D eigenvalue weighted by Gasteiger charge is 2.22. The molecule has 2 heterocycles. The average Bonchev–Trinajstić information content (AvgIpc) is 2.31. The lowest BCUT2D eigenvalue weighted by molar-refractivity contribution is 0.157. The van der Waals surface area contributed by atoms with Gasteiger partial charge < -0.3 is 15.5 Å². The van der Waals surface area contributed by atoms with Crippen molar-refractivity contribution in [3.63, 3.8) is 0 Å². The Bertz CT molecular complexity index is 178. The Labute approximate surface area is 93.6 Å². The van der Waals surface area contributed by atoms with Crippen LogP contribution in [0.25, 0.3) is 0 Å². The second-order valence-corrected chi connectivity index (χ2v) is 5.10. The van der Waals surface area contributed by atoms with Crippen LogP contribution in [0.3, 0.4) is 0 Å². The summed E-state index contributed by atoms with van der Waals surface area (Å²) >= 11 is 0. The number of piperidine rings is 2. The fraction of sp³-hybridized carbons (Fsp3) is 1.00. The van der Waals surface area contributed by atoms with Gasteiger partial charge in [0.25, 0.3) is 0 Å². The number of hydrogen-bond acceptors (Lipinski definition) is 3. The molecule has 0 aromatic heterocycles. The predicted molar refractivity (Wildman–Crippen MR) is 64.1 cm³/mol. The summed E-state index contributed by atoms with van der Waals surface area (Å²) in [7, 11) is 2.09. The lowest BCUT2D eigenvalue weighted by Gasteiger charge is -2.36.